The van der Waals surface area contributed by atoms with Crippen LogP contribution in [0.25, 0.3) is 0 Å². The van der Waals surface area contributed by atoms with Gasteiger partial charge in [0.15, 0.2) is 5.17 Å². The van der Waals surface area contributed by atoms with Crippen LogP contribution in [0.3, 0.4) is 0 Å². The minimum Gasteiger partial charge on any atom is -0.359 e. The van der Waals surface area contributed by atoms with E-state index in [2.05, 4.69) is 30.2 Å². The van der Waals surface area contributed by atoms with Gasteiger partial charge in [-0.25, -0.2) is 0 Å². The smallest absolute Gasteiger partial charge is 0.157 e. The third kappa shape index (κ3) is 3.05. The molecule has 2 rings (SSSR count). The molecule has 1 unspecified atom stereocenters. The van der Waals surface area contributed by atoms with E-state index in [0.29, 0.717) is 12.1 Å². The summed E-state index contributed by atoms with van der Waals surface area (Å²) in [7, 11) is 0. The normalized spacial score (nSPS) is 24.8. The van der Waals surface area contributed by atoms with E-state index in [1.54, 1.807) is 11.8 Å². The van der Waals surface area contributed by atoms with Crippen LogP contribution in [0, 0.1) is 11.3 Å². The molecule has 1 aromatic carbocycles. The molecule has 1 saturated heterocycles. The largest absolute Gasteiger partial charge is 0.359 e. The van der Waals surface area contributed by atoms with Crippen molar-refractivity contribution in [3.05, 3.63) is 35.4 Å². The molecule has 0 aliphatic carbocycles. The number of nitriles is 1. The fraction of sp³-hybridized carbons (Fsp3) is 0.429. The predicted octanol–water partition coefficient (Wildman–Crippen LogP) is 2.92. The molecule has 1 aliphatic rings. The van der Waals surface area contributed by atoms with Gasteiger partial charge in [0.2, 0.25) is 0 Å². The monoisotopic (exact) mass is 259 g/mol. The molecule has 0 spiro atoms. The van der Waals surface area contributed by atoms with E-state index >= 15 is 0 Å². The summed E-state index contributed by atoms with van der Waals surface area (Å²) in [5.41, 5.74) is 2.01. The van der Waals surface area contributed by atoms with Crippen molar-refractivity contribution in [3.8, 4) is 6.07 Å². The summed E-state index contributed by atoms with van der Waals surface area (Å²) in [4.78, 5) is 4.58. The van der Waals surface area contributed by atoms with Crippen LogP contribution in [-0.4, -0.2) is 16.5 Å². The van der Waals surface area contributed by atoms with Gasteiger partial charge in [0, 0.05) is 11.3 Å². The van der Waals surface area contributed by atoms with Crippen LogP contribution in [0.2, 0.25) is 0 Å². The molecule has 3 nitrogen and oxygen atoms in total. The van der Waals surface area contributed by atoms with Crippen molar-refractivity contribution in [2.45, 2.75) is 32.4 Å². The molecular formula is C14H17N3S. The molecule has 1 N–H and O–H groups in total. The summed E-state index contributed by atoms with van der Waals surface area (Å²) < 4.78 is 0. The first kappa shape index (κ1) is 13.0. The second kappa shape index (κ2) is 5.45. The summed E-state index contributed by atoms with van der Waals surface area (Å²) in [5, 5.41) is 13.2. The summed E-state index contributed by atoms with van der Waals surface area (Å²) in [6, 6.07) is 9.71. The average molecular weight is 259 g/mol. The molecule has 0 amide bonds. The zero-order chi connectivity index (χ0) is 13.0. The predicted molar refractivity (Wildman–Crippen MR) is 76.6 cm³/mol. The van der Waals surface area contributed by atoms with Crippen LogP contribution >= 0.6 is 11.8 Å². The van der Waals surface area contributed by atoms with Crippen LogP contribution in [0.5, 0.6) is 0 Å². The third-order valence-corrected chi connectivity index (χ3v) is 4.49. The van der Waals surface area contributed by atoms with Gasteiger partial charge in [0.05, 0.1) is 18.2 Å². The standard InChI is InChI=1S/C14H17N3S/c1-3-14(2)10-18-13(17-14)16-9-12-6-4-11(8-15)5-7-12/h4-7H,3,9-10H2,1-2H3,(H,16,17). The Morgan fingerprint density at radius 2 is 2.17 bits per heavy atom. The number of nitrogens with zero attached hydrogens (tertiary/aromatic N) is 2. The fourth-order valence-electron chi connectivity index (χ4n) is 1.68. The minimum atomic E-state index is 0.189. The van der Waals surface area contributed by atoms with Gasteiger partial charge in [-0.15, -0.1) is 0 Å². The van der Waals surface area contributed by atoms with Crippen LogP contribution in [-0.2, 0) is 6.54 Å². The Bertz CT molecular complexity index is 487. The maximum Gasteiger partial charge on any atom is 0.157 e. The SMILES string of the molecule is CCC1(C)CSC(=NCc2ccc(C#N)cc2)N1. The van der Waals surface area contributed by atoms with Crippen LogP contribution in [0.1, 0.15) is 31.4 Å². The molecule has 1 aromatic rings. The molecule has 0 saturated carbocycles. The number of benzene rings is 1. The third-order valence-electron chi connectivity index (χ3n) is 3.20. The first-order valence-electron chi connectivity index (χ1n) is 6.10. The van der Waals surface area contributed by atoms with Crippen molar-refractivity contribution in [3.63, 3.8) is 0 Å². The van der Waals surface area contributed by atoms with Gasteiger partial charge in [-0.2, -0.15) is 5.26 Å². The summed E-state index contributed by atoms with van der Waals surface area (Å²) in [6.45, 7) is 5.09. The molecule has 1 aliphatic heterocycles. The van der Waals surface area contributed by atoms with E-state index in [1.807, 2.05) is 24.3 Å². The lowest BCUT2D eigenvalue weighted by Gasteiger charge is -2.20. The summed E-state index contributed by atoms with van der Waals surface area (Å²) in [6.07, 6.45) is 1.11. The van der Waals surface area contributed by atoms with Crippen molar-refractivity contribution in [2.75, 3.05) is 5.75 Å². The first-order valence-corrected chi connectivity index (χ1v) is 7.08. The number of nitrogens with one attached hydrogen (secondary N) is 1. The van der Waals surface area contributed by atoms with Crippen molar-refractivity contribution in [2.24, 2.45) is 4.99 Å². The lowest BCUT2D eigenvalue weighted by molar-refractivity contribution is 0.466. The Balaban J connectivity index is 1.97. The van der Waals surface area contributed by atoms with E-state index in [0.717, 1.165) is 22.9 Å². The Labute approximate surface area is 112 Å². The fourth-order valence-corrected chi connectivity index (χ4v) is 2.89. The zero-order valence-corrected chi connectivity index (χ0v) is 11.5. The Kier molecular flexibility index (Phi) is 3.93. The molecule has 1 atom stereocenters. The van der Waals surface area contributed by atoms with Gasteiger partial charge in [-0.05, 0) is 31.0 Å². The molecule has 94 valence electrons. The van der Waals surface area contributed by atoms with Gasteiger partial charge < -0.3 is 5.32 Å². The average Bonchev–Trinajstić information content (AvgIpc) is 2.80. The number of amidine groups is 1. The van der Waals surface area contributed by atoms with Crippen molar-refractivity contribution in [1.82, 2.24) is 5.32 Å². The first-order chi connectivity index (χ1) is 8.65. The highest BCUT2D eigenvalue weighted by atomic mass is 32.2. The highest BCUT2D eigenvalue weighted by Crippen LogP contribution is 2.25. The molecule has 18 heavy (non-hydrogen) atoms. The Morgan fingerprint density at radius 1 is 1.44 bits per heavy atom. The number of rotatable bonds is 3. The highest BCUT2D eigenvalue weighted by Gasteiger charge is 2.30. The molecule has 0 bridgehead atoms. The van der Waals surface area contributed by atoms with Gasteiger partial charge in [0.25, 0.3) is 0 Å². The summed E-state index contributed by atoms with van der Waals surface area (Å²) in [5.74, 6) is 1.08. The molecule has 1 fully saturated rings. The van der Waals surface area contributed by atoms with E-state index in [-0.39, 0.29) is 5.54 Å². The second-order valence-corrected chi connectivity index (χ2v) is 5.72. The van der Waals surface area contributed by atoms with Gasteiger partial charge in [0.1, 0.15) is 0 Å². The number of thioether (sulfide) groups is 1. The maximum atomic E-state index is 8.72. The van der Waals surface area contributed by atoms with Crippen molar-refractivity contribution in [1.29, 1.82) is 5.26 Å². The Hall–Kier alpha value is -1.47. The topological polar surface area (TPSA) is 48.2 Å². The lowest BCUT2D eigenvalue weighted by Crippen LogP contribution is -2.39. The quantitative estimate of drug-likeness (QED) is 0.908. The Morgan fingerprint density at radius 3 is 2.72 bits per heavy atom. The van der Waals surface area contributed by atoms with E-state index in [1.165, 1.54) is 0 Å². The van der Waals surface area contributed by atoms with Crippen LogP contribution < -0.4 is 5.32 Å². The van der Waals surface area contributed by atoms with Gasteiger partial charge in [-0.3, -0.25) is 4.99 Å². The van der Waals surface area contributed by atoms with E-state index in [9.17, 15) is 0 Å². The molecule has 1 heterocycles. The van der Waals surface area contributed by atoms with Crippen molar-refractivity contribution >= 4 is 16.9 Å². The number of aliphatic imine (C=N–C) groups is 1. The lowest BCUT2D eigenvalue weighted by atomic mass is 10.0. The van der Waals surface area contributed by atoms with Gasteiger partial charge >= 0.3 is 0 Å². The van der Waals surface area contributed by atoms with E-state index in [4.69, 9.17) is 5.26 Å². The molecular weight excluding hydrogens is 242 g/mol. The van der Waals surface area contributed by atoms with Gasteiger partial charge in [-0.1, -0.05) is 30.8 Å². The molecule has 4 heteroatoms. The van der Waals surface area contributed by atoms with Crippen LogP contribution in [0.4, 0.5) is 0 Å². The second-order valence-electron chi connectivity index (χ2n) is 4.76. The molecule has 0 aromatic heterocycles. The number of hydrogen-bond donors (Lipinski definition) is 1. The zero-order valence-electron chi connectivity index (χ0n) is 10.7. The maximum absolute atomic E-state index is 8.72. The van der Waals surface area contributed by atoms with E-state index < -0.39 is 0 Å². The molecule has 0 radical (unpaired) electrons. The highest BCUT2D eigenvalue weighted by molar-refractivity contribution is 8.14. The summed E-state index contributed by atoms with van der Waals surface area (Å²) >= 11 is 1.79. The number of hydrogen-bond acceptors (Lipinski definition) is 3. The van der Waals surface area contributed by atoms with Crippen molar-refractivity contribution < 1.29 is 0 Å². The van der Waals surface area contributed by atoms with Crippen LogP contribution in [0.15, 0.2) is 29.3 Å². The minimum absolute atomic E-state index is 0.189.